The lowest BCUT2D eigenvalue weighted by atomic mass is 9.93. The minimum absolute atomic E-state index is 0.0878. The van der Waals surface area contributed by atoms with Crippen LogP contribution >= 0.6 is 0 Å². The second kappa shape index (κ2) is 30.3. The normalized spacial score (nSPS) is 11.2. The second-order valence-electron chi connectivity index (χ2n) is 12.1. The zero-order chi connectivity index (χ0) is 39.2. The monoisotopic (exact) mass is 720 g/mol. The molecule has 1 aromatic carbocycles. The summed E-state index contributed by atoms with van der Waals surface area (Å²) < 4.78 is 5.10. The number of amides is 6. The molecule has 0 aliphatic heterocycles. The van der Waals surface area contributed by atoms with Crippen molar-refractivity contribution in [2.24, 2.45) is 17.6 Å². The number of unbranched alkanes of at least 4 members (excludes halogenated alkanes) is 2. The molecule has 0 aliphatic carbocycles. The minimum Gasteiger partial charge on any atom is -0.461 e. The highest BCUT2D eigenvalue weighted by Gasteiger charge is 2.22. The van der Waals surface area contributed by atoms with E-state index in [-0.39, 0.29) is 75.0 Å². The topological polar surface area (TPSA) is 206 Å². The van der Waals surface area contributed by atoms with E-state index in [2.05, 4.69) is 35.1 Å². The Kier molecular flexibility index (Phi) is 28.9. The number of ether oxygens (including phenoxy) is 1. The molecule has 0 saturated carbocycles. The number of aldehydes is 1. The Hall–Kier alpha value is -4.49. The van der Waals surface area contributed by atoms with E-state index in [1.54, 1.807) is 43.1 Å². The Morgan fingerprint density at radius 2 is 1.53 bits per heavy atom. The van der Waals surface area contributed by atoms with Crippen molar-refractivity contribution >= 4 is 47.6 Å². The average Bonchev–Trinajstić information content (AvgIpc) is 3.10. The number of hydrogen-bond donors (Lipinski definition) is 5. The molecular formula is C37H64N6O8. The molecule has 2 atom stereocenters. The van der Waals surface area contributed by atoms with Gasteiger partial charge in [0.15, 0.2) is 0 Å². The van der Waals surface area contributed by atoms with Crippen molar-refractivity contribution in [1.29, 1.82) is 0 Å². The zero-order valence-electron chi connectivity index (χ0n) is 32.1. The number of carbonyl (C=O) groups excluding carboxylic acids is 7. The lowest BCUT2D eigenvalue weighted by Crippen LogP contribution is -2.47. The van der Waals surface area contributed by atoms with E-state index >= 15 is 0 Å². The van der Waals surface area contributed by atoms with Gasteiger partial charge in [0, 0.05) is 51.0 Å². The lowest BCUT2D eigenvalue weighted by Gasteiger charge is -2.20. The largest absolute Gasteiger partial charge is 0.461 e. The van der Waals surface area contributed by atoms with E-state index in [4.69, 9.17) is 10.5 Å². The van der Waals surface area contributed by atoms with Crippen LogP contribution in [0.25, 0.3) is 0 Å². The third-order valence-electron chi connectivity index (χ3n) is 7.24. The Bertz CT molecular complexity index is 1180. The highest BCUT2D eigenvalue weighted by Crippen LogP contribution is 2.15. The van der Waals surface area contributed by atoms with Gasteiger partial charge < -0.3 is 41.4 Å². The van der Waals surface area contributed by atoms with Crippen LogP contribution in [0.3, 0.4) is 0 Å². The summed E-state index contributed by atoms with van der Waals surface area (Å²) in [6, 6.07) is 5.04. The van der Waals surface area contributed by atoms with Crippen molar-refractivity contribution in [3.63, 3.8) is 0 Å². The van der Waals surface area contributed by atoms with Gasteiger partial charge in [0.1, 0.15) is 18.9 Å². The number of primary amides is 1. The molecule has 0 radical (unpaired) electrons. The van der Waals surface area contributed by atoms with Gasteiger partial charge in [-0.3, -0.25) is 24.0 Å². The van der Waals surface area contributed by atoms with Crippen LogP contribution in [-0.2, 0) is 40.1 Å². The molecule has 0 aliphatic rings. The molecule has 290 valence electrons. The summed E-state index contributed by atoms with van der Waals surface area (Å²) in [7, 11) is 1.70. The number of anilines is 1. The Morgan fingerprint density at radius 1 is 0.902 bits per heavy atom. The summed E-state index contributed by atoms with van der Waals surface area (Å²) >= 11 is 0. The molecule has 0 aromatic heterocycles. The Morgan fingerprint density at radius 3 is 2.08 bits per heavy atom. The molecule has 6 N–H and O–H groups in total. The van der Waals surface area contributed by atoms with Crippen LogP contribution in [0.5, 0.6) is 0 Å². The SMILES string of the molecule is CC.CCC.CCC(=O)OCc1ccc(NC(=O)C(CCCNC(N)=O)NC(=O)CNC(=O)CCCCCN(C)C(=O)CC(C=O)C(C)C)cc1. The quantitative estimate of drug-likeness (QED) is 0.0656. The maximum atomic E-state index is 13.0. The van der Waals surface area contributed by atoms with Crippen LogP contribution in [0.1, 0.15) is 112 Å². The molecule has 0 saturated heterocycles. The molecule has 14 heteroatoms. The molecule has 6 amide bonds. The predicted molar refractivity (Wildman–Crippen MR) is 199 cm³/mol. The molecule has 0 fully saturated rings. The summed E-state index contributed by atoms with van der Waals surface area (Å²) in [6.07, 6.45) is 5.23. The molecule has 1 aromatic rings. The first kappa shape index (κ1) is 48.6. The van der Waals surface area contributed by atoms with Crippen molar-refractivity contribution in [3.05, 3.63) is 29.8 Å². The van der Waals surface area contributed by atoms with E-state index in [9.17, 15) is 33.6 Å². The first-order valence-corrected chi connectivity index (χ1v) is 18.1. The van der Waals surface area contributed by atoms with Gasteiger partial charge in [-0.1, -0.05) is 73.4 Å². The number of nitrogens with zero attached hydrogens (tertiary/aromatic N) is 1. The van der Waals surface area contributed by atoms with Crippen LogP contribution in [0.4, 0.5) is 10.5 Å². The van der Waals surface area contributed by atoms with Crippen LogP contribution < -0.4 is 27.0 Å². The van der Waals surface area contributed by atoms with Gasteiger partial charge in [0.2, 0.25) is 23.6 Å². The number of nitrogens with one attached hydrogen (secondary N) is 4. The fourth-order valence-corrected chi connectivity index (χ4v) is 4.21. The van der Waals surface area contributed by atoms with E-state index in [1.807, 2.05) is 27.7 Å². The summed E-state index contributed by atoms with van der Waals surface area (Å²) in [5.41, 5.74) is 6.30. The first-order valence-electron chi connectivity index (χ1n) is 18.1. The van der Waals surface area contributed by atoms with Gasteiger partial charge in [-0.2, -0.15) is 0 Å². The third kappa shape index (κ3) is 25.2. The number of urea groups is 1. The van der Waals surface area contributed by atoms with Crippen LogP contribution in [0.2, 0.25) is 0 Å². The number of nitrogens with two attached hydrogens (primary N) is 1. The highest BCUT2D eigenvalue weighted by atomic mass is 16.5. The van der Waals surface area contributed by atoms with Gasteiger partial charge in [-0.15, -0.1) is 0 Å². The van der Waals surface area contributed by atoms with E-state index < -0.39 is 23.9 Å². The lowest BCUT2D eigenvalue weighted by molar-refractivity contribution is -0.144. The molecule has 0 spiro atoms. The van der Waals surface area contributed by atoms with Gasteiger partial charge in [0.05, 0.1) is 6.54 Å². The predicted octanol–water partition coefficient (Wildman–Crippen LogP) is 4.45. The number of esters is 1. The maximum absolute atomic E-state index is 13.0. The summed E-state index contributed by atoms with van der Waals surface area (Å²) in [5.74, 6) is -1.98. The summed E-state index contributed by atoms with van der Waals surface area (Å²) in [6.45, 7) is 14.3. The van der Waals surface area contributed by atoms with Gasteiger partial charge >= 0.3 is 12.0 Å². The Labute approximate surface area is 304 Å². The van der Waals surface area contributed by atoms with Gasteiger partial charge in [-0.25, -0.2) is 4.79 Å². The first-order chi connectivity index (χ1) is 24.3. The van der Waals surface area contributed by atoms with Gasteiger partial charge in [0.25, 0.3) is 0 Å². The molecular weight excluding hydrogens is 656 g/mol. The molecule has 51 heavy (non-hydrogen) atoms. The summed E-state index contributed by atoms with van der Waals surface area (Å²) in [4.78, 5) is 85.3. The van der Waals surface area contributed by atoms with E-state index in [0.29, 0.717) is 37.9 Å². The van der Waals surface area contributed by atoms with Crippen molar-refractivity contribution in [2.45, 2.75) is 119 Å². The minimum atomic E-state index is -0.952. The summed E-state index contributed by atoms with van der Waals surface area (Å²) in [5, 5.41) is 10.4. The third-order valence-corrected chi connectivity index (χ3v) is 7.24. The maximum Gasteiger partial charge on any atom is 0.312 e. The average molecular weight is 721 g/mol. The number of hydrogen-bond acceptors (Lipinski definition) is 8. The van der Waals surface area contributed by atoms with Gasteiger partial charge in [-0.05, 0) is 49.3 Å². The molecule has 0 heterocycles. The number of rotatable bonds is 22. The van der Waals surface area contributed by atoms with E-state index in [1.165, 1.54) is 6.42 Å². The van der Waals surface area contributed by atoms with Crippen LogP contribution in [0.15, 0.2) is 24.3 Å². The van der Waals surface area contributed by atoms with Crippen molar-refractivity contribution in [2.75, 3.05) is 32.0 Å². The van der Waals surface area contributed by atoms with Crippen molar-refractivity contribution in [1.82, 2.24) is 20.9 Å². The smallest absolute Gasteiger partial charge is 0.312 e. The van der Waals surface area contributed by atoms with Crippen LogP contribution in [0, 0.1) is 11.8 Å². The fourth-order valence-electron chi connectivity index (χ4n) is 4.21. The zero-order valence-corrected chi connectivity index (χ0v) is 32.1. The van der Waals surface area contributed by atoms with Crippen molar-refractivity contribution in [3.8, 4) is 0 Å². The number of benzene rings is 1. The number of carbonyl (C=O) groups is 7. The fraction of sp³-hybridized carbons (Fsp3) is 0.649. The standard InChI is InChI=1S/C32H50N6O8.C3H8.C2H6/c1-5-30(43)46-21-23-12-14-25(15-13-23)36-31(44)26(10-9-16-34-32(33)45)37-28(41)19-35-27(40)11-7-6-8-17-38(4)29(42)18-24(20-39)22(2)3;1-3-2;1-2/h12-15,20,22,24,26H,5-11,16-19,21H2,1-4H3,(H,35,40)(H,36,44)(H,37,41)(H3,33,34,45);3H2,1-2H3;1-2H3. The van der Waals surface area contributed by atoms with Crippen molar-refractivity contribution < 1.29 is 38.3 Å². The molecule has 14 nitrogen and oxygen atoms in total. The highest BCUT2D eigenvalue weighted by molar-refractivity contribution is 5.97. The molecule has 0 bridgehead atoms. The molecule has 1 rings (SSSR count). The molecule has 2 unspecified atom stereocenters. The van der Waals surface area contributed by atoms with E-state index in [0.717, 1.165) is 11.8 Å². The second-order valence-corrected chi connectivity index (χ2v) is 12.1. The Balaban J connectivity index is 0. The van der Waals surface area contributed by atoms with Crippen LogP contribution in [-0.4, -0.2) is 79.5 Å².